The number of pyridine rings is 2. The van der Waals surface area contributed by atoms with Crippen LogP contribution in [0.1, 0.15) is 80.7 Å². The monoisotopic (exact) mass is 635 g/mol. The Morgan fingerprint density at radius 2 is 1.27 bits per heavy atom. The number of hydrogen-bond donors (Lipinski definition) is 1. The van der Waals surface area contributed by atoms with Gasteiger partial charge in [-0.1, -0.05) is 12.1 Å². The fraction of sp³-hybridized carbons (Fsp3) is 0.267. The predicted octanol–water partition coefficient (Wildman–Crippen LogP) is 4.18. The molecule has 6 aromatic heterocycles. The van der Waals surface area contributed by atoms with E-state index in [0.29, 0.717) is 24.6 Å². The summed E-state index contributed by atoms with van der Waals surface area (Å²) in [5, 5.41) is 17.1. The van der Waals surface area contributed by atoms with E-state index in [2.05, 4.69) is 55.2 Å². The van der Waals surface area contributed by atoms with Crippen molar-refractivity contribution in [3.8, 4) is 0 Å². The van der Waals surface area contributed by atoms with Crippen LogP contribution in [0.4, 0.5) is 0 Å². The van der Waals surface area contributed by atoms with Crippen molar-refractivity contribution in [2.24, 2.45) is 0 Å². The Hall–Kier alpha value is -4.94. The number of carboxylic acids is 1. The van der Waals surface area contributed by atoms with Gasteiger partial charge in [0.15, 0.2) is 6.29 Å². The van der Waals surface area contributed by atoms with E-state index >= 15 is 0 Å². The van der Waals surface area contributed by atoms with Gasteiger partial charge in [0, 0.05) is 37.2 Å². The van der Waals surface area contributed by atoms with Gasteiger partial charge in [-0.15, -0.1) is 0 Å². The number of aromatic nitrogens is 8. The van der Waals surface area contributed by atoms with Gasteiger partial charge in [0.2, 0.25) is 0 Å². The Bertz CT molecular complexity index is 1990. The molecule has 2 aliphatic carbocycles. The quantitative estimate of drug-likeness (QED) is 0.191. The van der Waals surface area contributed by atoms with Crippen molar-refractivity contribution in [1.29, 1.82) is 0 Å². The molecule has 44 heavy (non-hydrogen) atoms. The third kappa shape index (κ3) is 6.98. The van der Waals surface area contributed by atoms with Crippen LogP contribution in [-0.2, 0) is 35.6 Å². The van der Waals surface area contributed by atoms with Crippen molar-refractivity contribution >= 4 is 23.5 Å². The van der Waals surface area contributed by atoms with Gasteiger partial charge in [0.05, 0.1) is 48.0 Å². The molecule has 0 spiro atoms. The van der Waals surface area contributed by atoms with Crippen LogP contribution in [0.5, 0.6) is 0 Å². The van der Waals surface area contributed by atoms with E-state index in [4.69, 9.17) is 12.8 Å². The standard InChI is InChI=1S/C15H14N4O2.C15H14N4O.Mn.2O/c20-15(21)12-5-16-19(7-12)9-13-8-18-6-11(10-1-2-10)3-4-14(18)17-13;20-10-11-5-16-19(6-11)9-14-8-18-7-13(12-1-2-12)3-4-15(18)17-14;;;/h3-8,10H,1-2,9H2,(H,20,21);3-8,10,12H,1-2,9H2;;;. The third-order valence-corrected chi connectivity index (χ3v) is 7.46. The molecule has 0 bridgehead atoms. The average Bonchev–Trinajstić information content (AvgIpc) is 3.85. The predicted molar refractivity (Wildman–Crippen MR) is 151 cm³/mol. The van der Waals surface area contributed by atoms with Crippen LogP contribution >= 0.6 is 0 Å². The maximum atomic E-state index is 10.8. The molecule has 6 heterocycles. The molecule has 8 rings (SSSR count). The van der Waals surface area contributed by atoms with Crippen LogP contribution in [0.2, 0.25) is 0 Å². The van der Waals surface area contributed by atoms with E-state index in [0.717, 1.165) is 34.9 Å². The summed E-state index contributed by atoms with van der Waals surface area (Å²) in [7, 11) is 0. The first-order valence-electron chi connectivity index (χ1n) is 14.0. The number of nitrogens with zero attached hydrogens (tertiary/aromatic N) is 8. The molecule has 1 N–H and O–H groups in total. The fourth-order valence-corrected chi connectivity index (χ4v) is 5.01. The van der Waals surface area contributed by atoms with Crippen LogP contribution in [0.25, 0.3) is 11.3 Å². The number of aldehydes is 1. The Labute approximate surface area is 256 Å². The van der Waals surface area contributed by atoms with Gasteiger partial charge in [0.1, 0.15) is 11.3 Å². The summed E-state index contributed by atoms with van der Waals surface area (Å²) in [6.45, 7) is 1.04. The molecule has 0 aromatic carbocycles. The molecule has 0 unspecified atom stereocenters. The Morgan fingerprint density at radius 1 is 0.773 bits per heavy atom. The second-order valence-corrected chi connectivity index (χ2v) is 11.0. The molecular formula is C30H28MnN8O5. The summed E-state index contributed by atoms with van der Waals surface area (Å²) >= 11 is -1.44. The molecule has 6 aromatic rings. The summed E-state index contributed by atoms with van der Waals surface area (Å²) in [4.78, 5) is 30.6. The summed E-state index contributed by atoms with van der Waals surface area (Å²) in [5.41, 5.74) is 7.19. The number of carboxylic acid groups (broad SMARTS) is 1. The van der Waals surface area contributed by atoms with E-state index in [9.17, 15) is 9.59 Å². The minimum absolute atomic E-state index is 0.190. The van der Waals surface area contributed by atoms with Gasteiger partial charge in [0.25, 0.3) is 0 Å². The zero-order chi connectivity index (χ0) is 30.6. The van der Waals surface area contributed by atoms with Gasteiger partial charge in [-0.25, -0.2) is 14.8 Å². The van der Waals surface area contributed by atoms with Crippen molar-refractivity contribution in [1.82, 2.24) is 38.3 Å². The zero-order valence-corrected chi connectivity index (χ0v) is 24.6. The first-order valence-corrected chi connectivity index (χ1v) is 15.0. The Kier molecular flexibility index (Phi) is 8.44. The van der Waals surface area contributed by atoms with E-state index < -0.39 is 20.8 Å². The number of carbonyl (C=O) groups excluding carboxylic acids is 1. The number of fused-ring (bicyclic) bond motifs is 2. The van der Waals surface area contributed by atoms with Crippen LogP contribution in [0.15, 0.2) is 73.8 Å². The SMILES string of the molecule is O=C(O)c1cnn(Cc2cn3cc(C4CC4)ccc3n2)c1.O=Cc1cnn(Cc2cn3cc(C4CC4)ccc3n2)c1.[O]=[Mn]=[O]. The zero-order valence-electron chi connectivity index (χ0n) is 23.4. The van der Waals surface area contributed by atoms with E-state index in [1.807, 2.05) is 22.9 Å². The van der Waals surface area contributed by atoms with E-state index in [1.165, 1.54) is 49.2 Å². The van der Waals surface area contributed by atoms with Crippen molar-refractivity contribution in [2.45, 2.75) is 50.6 Å². The van der Waals surface area contributed by atoms with Crippen LogP contribution in [-0.4, -0.2) is 55.7 Å². The van der Waals surface area contributed by atoms with Crippen molar-refractivity contribution in [3.05, 3.63) is 107 Å². The summed E-state index contributed by atoms with van der Waals surface area (Å²) in [6.07, 6.45) is 20.4. The maximum absolute atomic E-state index is 10.8. The summed E-state index contributed by atoms with van der Waals surface area (Å²) in [6, 6.07) is 8.41. The van der Waals surface area contributed by atoms with Crippen molar-refractivity contribution in [2.75, 3.05) is 0 Å². The molecule has 225 valence electrons. The fourth-order valence-electron chi connectivity index (χ4n) is 5.01. The summed E-state index contributed by atoms with van der Waals surface area (Å²) < 4.78 is 24.2. The number of rotatable bonds is 8. The van der Waals surface area contributed by atoms with Crippen molar-refractivity contribution in [3.63, 3.8) is 0 Å². The van der Waals surface area contributed by atoms with Crippen LogP contribution < -0.4 is 0 Å². The molecule has 0 aliphatic heterocycles. The van der Waals surface area contributed by atoms with Gasteiger partial charge < -0.3 is 13.9 Å². The van der Waals surface area contributed by atoms with Crippen LogP contribution in [0.3, 0.4) is 0 Å². The van der Waals surface area contributed by atoms with E-state index in [-0.39, 0.29) is 5.56 Å². The summed E-state index contributed by atoms with van der Waals surface area (Å²) in [5.74, 6) is 0.487. The number of carbonyl (C=O) groups is 2. The Balaban J connectivity index is 0.000000144. The minimum atomic E-state index is -1.44. The topological polar surface area (TPSA) is 159 Å². The van der Waals surface area contributed by atoms with Crippen LogP contribution in [0, 0.1) is 0 Å². The molecular weight excluding hydrogens is 607 g/mol. The molecule has 14 heteroatoms. The second-order valence-electron chi connectivity index (χ2n) is 10.9. The second kappa shape index (κ2) is 12.7. The van der Waals surface area contributed by atoms with Gasteiger partial charge in [-0.05, 0) is 60.8 Å². The van der Waals surface area contributed by atoms with Gasteiger partial charge in [-0.3, -0.25) is 14.2 Å². The average molecular weight is 636 g/mol. The third-order valence-electron chi connectivity index (χ3n) is 7.46. The molecule has 0 radical (unpaired) electrons. The first-order chi connectivity index (χ1) is 21.4. The molecule has 0 amide bonds. The molecule has 0 atom stereocenters. The number of hydrogen-bond acceptors (Lipinski definition) is 8. The number of aromatic carboxylic acids is 1. The Morgan fingerprint density at radius 3 is 1.70 bits per heavy atom. The normalized spacial score (nSPS) is 14.0. The first kappa shape index (κ1) is 29.1. The molecule has 2 saturated carbocycles. The molecule has 0 saturated heterocycles. The van der Waals surface area contributed by atoms with Crippen molar-refractivity contribution < 1.29 is 37.2 Å². The van der Waals surface area contributed by atoms with Gasteiger partial charge >= 0.3 is 28.5 Å². The molecule has 2 fully saturated rings. The molecule has 2 aliphatic rings. The van der Waals surface area contributed by atoms with Gasteiger partial charge in [-0.2, -0.15) is 10.2 Å². The molecule has 13 nitrogen and oxygen atoms in total. The van der Waals surface area contributed by atoms with E-state index in [1.54, 1.807) is 21.8 Å². The number of imidazole rings is 2.